The fourth-order valence-corrected chi connectivity index (χ4v) is 5.06. The quantitative estimate of drug-likeness (QED) is 0.248. The highest BCUT2D eigenvalue weighted by atomic mass is 32.2. The van der Waals surface area contributed by atoms with E-state index in [0.29, 0.717) is 11.3 Å². The summed E-state index contributed by atoms with van der Waals surface area (Å²) < 4.78 is 0. The van der Waals surface area contributed by atoms with E-state index in [9.17, 15) is 9.59 Å². The molecule has 0 aliphatic rings. The van der Waals surface area contributed by atoms with Crippen LogP contribution < -0.4 is 10.6 Å². The van der Waals surface area contributed by atoms with E-state index in [-0.39, 0.29) is 11.8 Å². The molecule has 1 atom stereocenters. The molecule has 0 bridgehead atoms. The number of thioether (sulfide) groups is 1. The van der Waals surface area contributed by atoms with E-state index < -0.39 is 5.25 Å². The molecule has 0 heterocycles. The van der Waals surface area contributed by atoms with Crippen molar-refractivity contribution in [3.63, 3.8) is 0 Å². The molecule has 5 heteroatoms. The molecule has 0 radical (unpaired) electrons. The highest BCUT2D eigenvalue weighted by molar-refractivity contribution is 8.00. The van der Waals surface area contributed by atoms with Crippen molar-refractivity contribution in [3.8, 4) is 0 Å². The second-order valence-electron chi connectivity index (χ2n) is 8.71. The Balaban J connectivity index is 1.52. The molecule has 0 spiro atoms. The van der Waals surface area contributed by atoms with Crippen LogP contribution in [0.5, 0.6) is 0 Å². The summed E-state index contributed by atoms with van der Waals surface area (Å²) in [6.45, 7) is 6.07. The second-order valence-corrected chi connectivity index (χ2v) is 9.89. The van der Waals surface area contributed by atoms with Crippen LogP contribution in [-0.2, 0) is 11.2 Å². The molecule has 0 aliphatic heterocycles. The number of amides is 2. The molecule has 0 aromatic heterocycles. The Bertz CT molecular complexity index is 1350. The van der Waals surface area contributed by atoms with Gasteiger partial charge in [0, 0.05) is 21.8 Å². The lowest BCUT2D eigenvalue weighted by molar-refractivity contribution is -0.115. The van der Waals surface area contributed by atoms with Crippen molar-refractivity contribution in [2.45, 2.75) is 37.3 Å². The van der Waals surface area contributed by atoms with E-state index >= 15 is 0 Å². The van der Waals surface area contributed by atoms with Crippen LogP contribution in [0.15, 0.2) is 102 Å². The Morgan fingerprint density at radius 1 is 0.806 bits per heavy atom. The van der Waals surface area contributed by atoms with E-state index in [0.717, 1.165) is 39.3 Å². The number of carbonyl (C=O) groups is 2. The van der Waals surface area contributed by atoms with E-state index in [1.165, 1.54) is 11.8 Å². The summed E-state index contributed by atoms with van der Waals surface area (Å²) in [4.78, 5) is 27.1. The summed E-state index contributed by atoms with van der Waals surface area (Å²) in [5.74, 6) is -0.211. The molecule has 2 amide bonds. The second kappa shape index (κ2) is 11.7. The van der Waals surface area contributed by atoms with Gasteiger partial charge in [0.1, 0.15) is 5.25 Å². The van der Waals surface area contributed by atoms with Gasteiger partial charge in [-0.15, -0.1) is 11.8 Å². The topological polar surface area (TPSA) is 58.2 Å². The Morgan fingerprint density at radius 3 is 2.22 bits per heavy atom. The van der Waals surface area contributed by atoms with Gasteiger partial charge in [-0.2, -0.15) is 0 Å². The Morgan fingerprint density at radius 2 is 1.53 bits per heavy atom. The van der Waals surface area contributed by atoms with E-state index in [4.69, 9.17) is 0 Å². The van der Waals surface area contributed by atoms with Crippen LogP contribution in [0.3, 0.4) is 0 Å². The van der Waals surface area contributed by atoms with Crippen molar-refractivity contribution in [1.29, 1.82) is 0 Å². The lowest BCUT2D eigenvalue weighted by atomic mass is 10.1. The maximum absolute atomic E-state index is 13.5. The van der Waals surface area contributed by atoms with Gasteiger partial charge in [-0.3, -0.25) is 9.59 Å². The van der Waals surface area contributed by atoms with Crippen LogP contribution in [0, 0.1) is 13.8 Å². The van der Waals surface area contributed by atoms with Gasteiger partial charge in [-0.05, 0) is 73.4 Å². The van der Waals surface area contributed by atoms with Crippen molar-refractivity contribution in [1.82, 2.24) is 0 Å². The molecule has 36 heavy (non-hydrogen) atoms. The maximum Gasteiger partial charge on any atom is 0.255 e. The van der Waals surface area contributed by atoms with Gasteiger partial charge >= 0.3 is 0 Å². The highest BCUT2D eigenvalue weighted by Gasteiger charge is 2.23. The summed E-state index contributed by atoms with van der Waals surface area (Å²) >= 11 is 1.49. The molecule has 2 N–H and O–H groups in total. The minimum atomic E-state index is -0.428. The molecule has 1 unspecified atom stereocenters. The zero-order valence-corrected chi connectivity index (χ0v) is 21.6. The predicted octanol–water partition coefficient (Wildman–Crippen LogP) is 7.59. The summed E-state index contributed by atoms with van der Waals surface area (Å²) in [7, 11) is 0. The third kappa shape index (κ3) is 6.23. The number of hydrogen-bond donors (Lipinski definition) is 2. The van der Waals surface area contributed by atoms with Crippen LogP contribution in [0.1, 0.15) is 44.8 Å². The third-order valence-electron chi connectivity index (χ3n) is 5.98. The number of benzene rings is 4. The number of rotatable bonds is 8. The van der Waals surface area contributed by atoms with Crippen LogP contribution in [0.25, 0.3) is 0 Å². The Labute approximate surface area is 217 Å². The summed E-state index contributed by atoms with van der Waals surface area (Å²) in [6, 6.07) is 31.0. The van der Waals surface area contributed by atoms with E-state index in [1.54, 1.807) is 6.07 Å². The van der Waals surface area contributed by atoms with E-state index in [2.05, 4.69) is 23.6 Å². The first kappa shape index (κ1) is 25.3. The van der Waals surface area contributed by atoms with Gasteiger partial charge in [0.2, 0.25) is 5.91 Å². The van der Waals surface area contributed by atoms with Gasteiger partial charge in [-0.25, -0.2) is 0 Å². The van der Waals surface area contributed by atoms with Crippen molar-refractivity contribution in [2.75, 3.05) is 10.6 Å². The number of anilines is 2. The number of hydrogen-bond acceptors (Lipinski definition) is 3. The molecule has 0 saturated heterocycles. The van der Waals surface area contributed by atoms with Crippen LogP contribution in [0.4, 0.5) is 11.4 Å². The maximum atomic E-state index is 13.5. The molecule has 0 saturated carbocycles. The monoisotopic (exact) mass is 494 g/mol. The van der Waals surface area contributed by atoms with Gasteiger partial charge in [0.05, 0.1) is 0 Å². The van der Waals surface area contributed by atoms with Crippen LogP contribution in [0.2, 0.25) is 0 Å². The Hall–Kier alpha value is -3.83. The van der Waals surface area contributed by atoms with Gasteiger partial charge in [0.25, 0.3) is 5.91 Å². The minimum absolute atomic E-state index is 0.0629. The molecule has 0 aliphatic carbocycles. The van der Waals surface area contributed by atoms with Crippen molar-refractivity contribution < 1.29 is 9.59 Å². The highest BCUT2D eigenvalue weighted by Crippen LogP contribution is 2.37. The van der Waals surface area contributed by atoms with Crippen molar-refractivity contribution in [3.05, 3.63) is 125 Å². The summed E-state index contributed by atoms with van der Waals surface area (Å²) in [5, 5.41) is 5.71. The first-order chi connectivity index (χ1) is 17.4. The molecule has 182 valence electrons. The molecule has 0 fully saturated rings. The van der Waals surface area contributed by atoms with Crippen molar-refractivity contribution in [2.24, 2.45) is 0 Å². The molecule has 4 rings (SSSR count). The van der Waals surface area contributed by atoms with E-state index in [1.807, 2.05) is 98.8 Å². The van der Waals surface area contributed by atoms with Gasteiger partial charge in [-0.1, -0.05) is 73.2 Å². The average molecular weight is 495 g/mol. The Kier molecular flexibility index (Phi) is 8.24. The SMILES string of the molecule is CCc1cccc(C)c1NC(=O)C(Sc1ccc(NC(=O)c2cccc(C)c2)cc1)c1ccccc1. The lowest BCUT2D eigenvalue weighted by Gasteiger charge is -2.20. The predicted molar refractivity (Wildman–Crippen MR) is 150 cm³/mol. The largest absolute Gasteiger partial charge is 0.324 e. The van der Waals surface area contributed by atoms with Gasteiger partial charge < -0.3 is 10.6 Å². The minimum Gasteiger partial charge on any atom is -0.324 e. The van der Waals surface area contributed by atoms with Crippen LogP contribution in [-0.4, -0.2) is 11.8 Å². The summed E-state index contributed by atoms with van der Waals surface area (Å²) in [5.41, 5.74) is 6.36. The zero-order chi connectivity index (χ0) is 25.5. The first-order valence-corrected chi connectivity index (χ1v) is 12.9. The molecular formula is C31H30N2O2S. The molecular weight excluding hydrogens is 464 g/mol. The number of carbonyl (C=O) groups excluding carboxylic acids is 2. The first-order valence-electron chi connectivity index (χ1n) is 12.0. The lowest BCUT2D eigenvalue weighted by Crippen LogP contribution is -2.20. The van der Waals surface area contributed by atoms with Crippen LogP contribution >= 0.6 is 11.8 Å². The number of aryl methyl sites for hydroxylation is 3. The molecule has 4 nitrogen and oxygen atoms in total. The summed E-state index contributed by atoms with van der Waals surface area (Å²) in [6.07, 6.45) is 0.843. The van der Waals surface area contributed by atoms with Gasteiger partial charge in [0.15, 0.2) is 0 Å². The zero-order valence-electron chi connectivity index (χ0n) is 20.7. The molecule has 4 aromatic rings. The van der Waals surface area contributed by atoms with Crippen molar-refractivity contribution >= 4 is 35.0 Å². The fourth-order valence-electron chi connectivity index (χ4n) is 4.03. The third-order valence-corrected chi connectivity index (χ3v) is 7.24. The molecule has 4 aromatic carbocycles. The number of nitrogens with one attached hydrogen (secondary N) is 2. The fraction of sp³-hybridized carbons (Fsp3) is 0.161. The average Bonchev–Trinajstić information content (AvgIpc) is 2.89. The number of para-hydroxylation sites is 1. The standard InChI is InChI=1S/C31H30N2O2S/c1-4-23-14-9-11-22(3)28(23)33-31(35)29(24-12-6-5-7-13-24)36-27-18-16-26(17-19-27)32-30(34)25-15-8-10-21(2)20-25/h5-20,29H,4H2,1-3H3,(H,32,34)(H,33,35). The normalized spacial score (nSPS) is 11.5. The smallest absolute Gasteiger partial charge is 0.255 e.